The molecule has 2 aliphatic heterocycles. The molecule has 1 aromatic carbocycles. The minimum Gasteiger partial charge on any atom is -0.376 e. The van der Waals surface area contributed by atoms with E-state index in [1.807, 2.05) is 30.3 Å². The highest BCUT2D eigenvalue weighted by Gasteiger charge is 2.34. The van der Waals surface area contributed by atoms with Crippen LogP contribution >= 0.6 is 0 Å². The lowest BCUT2D eigenvalue weighted by Crippen LogP contribution is -2.56. The van der Waals surface area contributed by atoms with Gasteiger partial charge in [0, 0.05) is 19.7 Å². The Hall–Kier alpha value is -1.92. The molecule has 2 aliphatic rings. The molecule has 2 heterocycles. The minimum absolute atomic E-state index is 0.0301. The molecule has 6 heteroatoms. The van der Waals surface area contributed by atoms with E-state index in [1.165, 1.54) is 0 Å². The van der Waals surface area contributed by atoms with E-state index in [1.54, 1.807) is 4.90 Å². The van der Waals surface area contributed by atoms with E-state index in [9.17, 15) is 9.59 Å². The van der Waals surface area contributed by atoms with Gasteiger partial charge >= 0.3 is 0 Å². The fraction of sp³-hybridized carbons (Fsp3) is 0.529. The molecule has 6 nitrogen and oxygen atoms in total. The molecule has 1 aromatic rings. The normalized spacial score (nSPS) is 24.7. The van der Waals surface area contributed by atoms with Crippen LogP contribution in [0.4, 0.5) is 0 Å². The Morgan fingerprint density at radius 1 is 1.30 bits per heavy atom. The van der Waals surface area contributed by atoms with Crippen LogP contribution < -0.4 is 5.32 Å². The molecule has 3 rings (SSSR count). The van der Waals surface area contributed by atoms with Crippen LogP contribution in [0, 0.1) is 0 Å². The lowest BCUT2D eigenvalue weighted by molar-refractivity contribution is -0.155. The fourth-order valence-electron chi connectivity index (χ4n) is 2.94. The van der Waals surface area contributed by atoms with Gasteiger partial charge in [-0.1, -0.05) is 30.3 Å². The molecule has 0 saturated carbocycles. The summed E-state index contributed by atoms with van der Waals surface area (Å²) in [6, 6.07) is 9.09. The molecule has 2 saturated heterocycles. The lowest BCUT2D eigenvalue weighted by Gasteiger charge is -2.34. The second kappa shape index (κ2) is 7.57. The van der Waals surface area contributed by atoms with Crippen molar-refractivity contribution in [3.05, 3.63) is 35.9 Å². The van der Waals surface area contributed by atoms with Gasteiger partial charge in [0.15, 0.2) is 0 Å². The topological polar surface area (TPSA) is 67.9 Å². The second-order valence-corrected chi connectivity index (χ2v) is 5.92. The molecule has 0 unspecified atom stereocenters. The van der Waals surface area contributed by atoms with Crippen molar-refractivity contribution in [3.63, 3.8) is 0 Å². The fourth-order valence-corrected chi connectivity index (χ4v) is 2.94. The van der Waals surface area contributed by atoms with Gasteiger partial charge < -0.3 is 19.7 Å². The molecular weight excluding hydrogens is 296 g/mol. The van der Waals surface area contributed by atoms with E-state index in [-0.39, 0.29) is 31.1 Å². The number of rotatable bonds is 5. The number of hydrogen-bond acceptors (Lipinski definition) is 4. The number of nitrogens with one attached hydrogen (secondary N) is 1. The smallest absolute Gasteiger partial charge is 0.249 e. The lowest BCUT2D eigenvalue weighted by atomic mass is 10.1. The third-order valence-corrected chi connectivity index (χ3v) is 4.22. The van der Waals surface area contributed by atoms with E-state index in [0.29, 0.717) is 13.1 Å². The van der Waals surface area contributed by atoms with Gasteiger partial charge in [-0.15, -0.1) is 0 Å². The number of nitrogens with zero attached hydrogens (tertiary/aromatic N) is 1. The molecule has 23 heavy (non-hydrogen) atoms. The molecule has 0 bridgehead atoms. The van der Waals surface area contributed by atoms with Crippen LogP contribution in [0.15, 0.2) is 30.3 Å². The maximum absolute atomic E-state index is 12.5. The summed E-state index contributed by atoms with van der Waals surface area (Å²) in [7, 11) is 0. The van der Waals surface area contributed by atoms with Crippen molar-refractivity contribution in [2.24, 2.45) is 0 Å². The Morgan fingerprint density at radius 3 is 2.87 bits per heavy atom. The van der Waals surface area contributed by atoms with Gasteiger partial charge in [-0.05, 0) is 18.4 Å². The van der Waals surface area contributed by atoms with Crippen molar-refractivity contribution in [1.82, 2.24) is 10.2 Å². The standard InChI is InChI=1S/C17H22N2O4/c20-16-12-22-11-15(17(21)18-9-14-7-4-8-23-14)19(16)10-13-5-2-1-3-6-13/h1-3,5-6,14-15H,4,7-12H2,(H,18,21)/t14-,15+/m0/s1. The van der Waals surface area contributed by atoms with Crippen LogP contribution in [0.25, 0.3) is 0 Å². The van der Waals surface area contributed by atoms with Crippen LogP contribution in [0.1, 0.15) is 18.4 Å². The van der Waals surface area contributed by atoms with Crippen LogP contribution in [0.3, 0.4) is 0 Å². The van der Waals surface area contributed by atoms with Gasteiger partial charge in [0.25, 0.3) is 0 Å². The van der Waals surface area contributed by atoms with Crippen molar-refractivity contribution < 1.29 is 19.1 Å². The number of amides is 2. The highest BCUT2D eigenvalue weighted by Crippen LogP contribution is 2.15. The molecule has 0 radical (unpaired) electrons. The molecule has 0 aromatic heterocycles. The average Bonchev–Trinajstić information content (AvgIpc) is 3.09. The van der Waals surface area contributed by atoms with Crippen molar-refractivity contribution in [2.75, 3.05) is 26.4 Å². The number of morpholine rings is 1. The molecular formula is C17H22N2O4. The summed E-state index contributed by atoms with van der Waals surface area (Å²) in [6.07, 6.45) is 2.08. The Balaban J connectivity index is 1.62. The van der Waals surface area contributed by atoms with Crippen molar-refractivity contribution >= 4 is 11.8 Å². The first-order valence-electron chi connectivity index (χ1n) is 8.04. The largest absolute Gasteiger partial charge is 0.376 e. The predicted molar refractivity (Wildman–Crippen MR) is 83.6 cm³/mol. The summed E-state index contributed by atoms with van der Waals surface area (Å²) >= 11 is 0. The summed E-state index contributed by atoms with van der Waals surface area (Å²) in [4.78, 5) is 26.2. The van der Waals surface area contributed by atoms with Crippen LogP contribution in [0.5, 0.6) is 0 Å². The van der Waals surface area contributed by atoms with E-state index < -0.39 is 6.04 Å². The first kappa shape index (κ1) is 16.0. The Morgan fingerprint density at radius 2 is 2.13 bits per heavy atom. The first-order valence-corrected chi connectivity index (χ1v) is 8.04. The molecule has 0 aliphatic carbocycles. The maximum atomic E-state index is 12.5. The van der Waals surface area contributed by atoms with Crippen LogP contribution in [-0.2, 0) is 25.6 Å². The summed E-state index contributed by atoms with van der Waals surface area (Å²) in [5, 5.41) is 2.89. The molecule has 0 spiro atoms. The zero-order valence-electron chi connectivity index (χ0n) is 13.1. The number of ether oxygens (including phenoxy) is 2. The Kier molecular flexibility index (Phi) is 5.25. The Bertz CT molecular complexity index is 543. The zero-order chi connectivity index (χ0) is 16.1. The average molecular weight is 318 g/mol. The number of benzene rings is 1. The molecule has 2 atom stereocenters. The zero-order valence-corrected chi connectivity index (χ0v) is 13.1. The minimum atomic E-state index is -0.585. The van der Waals surface area contributed by atoms with E-state index in [4.69, 9.17) is 9.47 Å². The van der Waals surface area contributed by atoms with E-state index >= 15 is 0 Å². The third kappa shape index (κ3) is 4.09. The second-order valence-electron chi connectivity index (χ2n) is 5.92. The summed E-state index contributed by atoms with van der Waals surface area (Å²) in [5.74, 6) is -0.332. The van der Waals surface area contributed by atoms with Gasteiger partial charge in [0.2, 0.25) is 11.8 Å². The van der Waals surface area contributed by atoms with Gasteiger partial charge in [-0.2, -0.15) is 0 Å². The predicted octanol–water partition coefficient (Wildman–Crippen LogP) is 0.709. The van der Waals surface area contributed by atoms with Crippen LogP contribution in [-0.4, -0.2) is 55.2 Å². The monoisotopic (exact) mass is 318 g/mol. The number of carbonyl (C=O) groups excluding carboxylic acids is 2. The van der Waals surface area contributed by atoms with Gasteiger partial charge in [0.05, 0.1) is 12.7 Å². The summed E-state index contributed by atoms with van der Waals surface area (Å²) < 4.78 is 10.8. The summed E-state index contributed by atoms with van der Waals surface area (Å²) in [5.41, 5.74) is 1.000. The highest BCUT2D eigenvalue weighted by atomic mass is 16.5. The van der Waals surface area contributed by atoms with E-state index in [2.05, 4.69) is 5.32 Å². The van der Waals surface area contributed by atoms with Gasteiger partial charge in [-0.3, -0.25) is 9.59 Å². The molecule has 124 valence electrons. The number of hydrogen-bond donors (Lipinski definition) is 1. The molecule has 2 fully saturated rings. The van der Waals surface area contributed by atoms with Crippen molar-refractivity contribution in [1.29, 1.82) is 0 Å². The van der Waals surface area contributed by atoms with Crippen molar-refractivity contribution in [2.45, 2.75) is 31.5 Å². The third-order valence-electron chi connectivity index (χ3n) is 4.22. The van der Waals surface area contributed by atoms with E-state index in [0.717, 1.165) is 25.0 Å². The van der Waals surface area contributed by atoms with Gasteiger partial charge in [-0.25, -0.2) is 0 Å². The maximum Gasteiger partial charge on any atom is 0.249 e. The molecule has 2 amide bonds. The Labute approximate surface area is 135 Å². The highest BCUT2D eigenvalue weighted by molar-refractivity contribution is 5.89. The van der Waals surface area contributed by atoms with Crippen molar-refractivity contribution in [3.8, 4) is 0 Å². The quantitative estimate of drug-likeness (QED) is 0.868. The van der Waals surface area contributed by atoms with Gasteiger partial charge in [0.1, 0.15) is 12.6 Å². The first-order chi connectivity index (χ1) is 11.2. The van der Waals surface area contributed by atoms with Crippen LogP contribution in [0.2, 0.25) is 0 Å². The summed E-state index contributed by atoms with van der Waals surface area (Å²) in [6.45, 7) is 1.92. The molecule has 1 N–H and O–H groups in total. The SMILES string of the molecule is O=C(NC[C@@H]1CCCO1)[C@H]1COCC(=O)N1Cc1ccccc1. The number of carbonyl (C=O) groups is 2.